The summed E-state index contributed by atoms with van der Waals surface area (Å²) in [4.78, 5) is 13.2. The van der Waals surface area contributed by atoms with Gasteiger partial charge in [-0.05, 0) is 30.9 Å². The molecule has 0 aromatic heterocycles. The number of benzene rings is 2. The quantitative estimate of drug-likeness (QED) is 0.566. The van der Waals surface area contributed by atoms with Gasteiger partial charge in [0.05, 0.1) is 5.41 Å². The Bertz CT molecular complexity index is 763. The fraction of sp³-hybridized carbons (Fsp3) is 0.316. The fourth-order valence-corrected chi connectivity index (χ4v) is 6.24. The summed E-state index contributed by atoms with van der Waals surface area (Å²) in [5.41, 5.74) is 4.19. The molecule has 1 spiro atoms. The molecule has 0 saturated heterocycles. The molecule has 0 heterocycles. The lowest BCUT2D eigenvalue weighted by atomic mass is 9.78. The molecular formula is C19H16Br2O. The van der Waals surface area contributed by atoms with Crippen LogP contribution < -0.4 is 0 Å². The summed E-state index contributed by atoms with van der Waals surface area (Å²) < 4.78 is -0.327. The maximum atomic E-state index is 13.2. The summed E-state index contributed by atoms with van der Waals surface area (Å²) in [6, 6.07) is 16.6. The lowest BCUT2D eigenvalue weighted by molar-refractivity contribution is 0.0875. The van der Waals surface area contributed by atoms with Crippen LogP contribution in [0.1, 0.15) is 39.4 Å². The number of halogens is 2. The summed E-state index contributed by atoms with van der Waals surface area (Å²) in [5.74, 6) is 0.454. The normalized spacial score (nSPS) is 28.5. The third-order valence-electron chi connectivity index (χ3n) is 5.23. The lowest BCUT2D eigenvalue weighted by Gasteiger charge is -2.25. The molecular weight excluding hydrogens is 404 g/mol. The fourth-order valence-electron chi connectivity index (χ4n) is 3.95. The number of fused-ring (bicyclic) bond motifs is 1. The van der Waals surface area contributed by atoms with Gasteiger partial charge in [-0.3, -0.25) is 4.79 Å². The molecule has 112 valence electrons. The summed E-state index contributed by atoms with van der Waals surface area (Å²) in [5, 5.41) is 0. The van der Waals surface area contributed by atoms with Gasteiger partial charge in [-0.2, -0.15) is 0 Å². The number of Topliss-reactive ketones (excluding diaryl/α,β-unsaturated/α-hetero) is 1. The van der Waals surface area contributed by atoms with Gasteiger partial charge in [-0.25, -0.2) is 0 Å². The van der Waals surface area contributed by atoms with E-state index in [1.165, 1.54) is 16.7 Å². The van der Waals surface area contributed by atoms with Crippen LogP contribution in [0.15, 0.2) is 48.5 Å². The lowest BCUT2D eigenvalue weighted by Crippen LogP contribution is -2.28. The maximum absolute atomic E-state index is 13.2. The number of aryl methyl sites for hydroxylation is 2. The second-order valence-corrected chi connectivity index (χ2v) is 9.99. The van der Waals surface area contributed by atoms with Crippen molar-refractivity contribution >= 4 is 37.6 Å². The van der Waals surface area contributed by atoms with Gasteiger partial charge < -0.3 is 0 Å². The monoisotopic (exact) mass is 418 g/mol. The van der Waals surface area contributed by atoms with E-state index in [0.717, 1.165) is 18.4 Å². The van der Waals surface area contributed by atoms with Crippen molar-refractivity contribution in [1.29, 1.82) is 0 Å². The van der Waals surface area contributed by atoms with Crippen molar-refractivity contribution in [3.8, 4) is 0 Å². The molecule has 1 nitrogen and oxygen atoms in total. The Morgan fingerprint density at radius 3 is 2.45 bits per heavy atom. The molecule has 0 radical (unpaired) electrons. The summed E-state index contributed by atoms with van der Waals surface area (Å²) >= 11 is 7.63. The van der Waals surface area contributed by atoms with Crippen molar-refractivity contribution in [3.63, 3.8) is 0 Å². The Hall–Kier alpha value is -0.930. The molecule has 1 saturated carbocycles. The standard InChI is InChI=1S/C19H16Br2O/c1-12-6-8-14(9-7-12)16-18(19(16,20)21)11-10-13-4-2-3-5-15(13)17(18)22/h2-9,16H,10-11H2,1H3/t16-,18+/m1/s1. The van der Waals surface area contributed by atoms with Crippen LogP contribution in [0.3, 0.4) is 0 Å². The topological polar surface area (TPSA) is 17.1 Å². The van der Waals surface area contributed by atoms with Gasteiger partial charge >= 0.3 is 0 Å². The van der Waals surface area contributed by atoms with Crippen LogP contribution in [0.4, 0.5) is 0 Å². The van der Waals surface area contributed by atoms with Crippen LogP contribution in [0, 0.1) is 12.3 Å². The van der Waals surface area contributed by atoms with Crippen LogP contribution in [0.5, 0.6) is 0 Å². The van der Waals surface area contributed by atoms with Crippen molar-refractivity contribution in [2.24, 2.45) is 5.41 Å². The molecule has 2 aliphatic rings. The smallest absolute Gasteiger partial charge is 0.172 e. The minimum absolute atomic E-state index is 0.182. The van der Waals surface area contributed by atoms with Gasteiger partial charge in [0.25, 0.3) is 0 Å². The minimum atomic E-state index is -0.364. The van der Waals surface area contributed by atoms with Crippen molar-refractivity contribution in [2.45, 2.75) is 28.9 Å². The Morgan fingerprint density at radius 2 is 1.73 bits per heavy atom. The molecule has 0 N–H and O–H groups in total. The number of ketones is 1. The number of hydrogen-bond acceptors (Lipinski definition) is 1. The zero-order chi connectivity index (χ0) is 15.5. The molecule has 0 amide bonds. The Labute approximate surface area is 147 Å². The predicted octanol–water partition coefficient (Wildman–Crippen LogP) is 5.39. The molecule has 4 rings (SSSR count). The number of hydrogen-bond donors (Lipinski definition) is 0. The first-order chi connectivity index (χ1) is 10.5. The van der Waals surface area contributed by atoms with E-state index in [9.17, 15) is 4.79 Å². The molecule has 1 fully saturated rings. The first kappa shape index (κ1) is 14.6. The molecule has 0 aliphatic heterocycles. The second-order valence-electron chi connectivity index (χ2n) is 6.42. The van der Waals surface area contributed by atoms with Gasteiger partial charge in [0.2, 0.25) is 0 Å². The van der Waals surface area contributed by atoms with E-state index in [2.05, 4.69) is 69.1 Å². The molecule has 3 heteroatoms. The number of rotatable bonds is 1. The zero-order valence-electron chi connectivity index (χ0n) is 12.3. The van der Waals surface area contributed by atoms with Crippen molar-refractivity contribution < 1.29 is 4.79 Å². The highest BCUT2D eigenvalue weighted by Crippen LogP contribution is 2.79. The van der Waals surface area contributed by atoms with E-state index in [0.29, 0.717) is 0 Å². The van der Waals surface area contributed by atoms with Crippen LogP contribution >= 0.6 is 31.9 Å². The molecule has 0 bridgehead atoms. The van der Waals surface area contributed by atoms with Crippen molar-refractivity contribution in [1.82, 2.24) is 0 Å². The van der Waals surface area contributed by atoms with E-state index in [-0.39, 0.29) is 20.3 Å². The van der Waals surface area contributed by atoms with E-state index in [1.807, 2.05) is 18.2 Å². The Balaban J connectivity index is 1.79. The number of alkyl halides is 2. The molecule has 22 heavy (non-hydrogen) atoms. The van der Waals surface area contributed by atoms with E-state index in [1.54, 1.807) is 0 Å². The summed E-state index contributed by atoms with van der Waals surface area (Å²) in [6.45, 7) is 2.09. The molecule has 2 aromatic rings. The first-order valence-electron chi connectivity index (χ1n) is 7.55. The summed E-state index contributed by atoms with van der Waals surface area (Å²) in [6.07, 6.45) is 1.85. The zero-order valence-corrected chi connectivity index (χ0v) is 15.4. The third kappa shape index (κ3) is 1.78. The highest BCUT2D eigenvalue weighted by atomic mass is 79.9. The van der Waals surface area contributed by atoms with Gasteiger partial charge in [-0.15, -0.1) is 0 Å². The average molecular weight is 420 g/mol. The van der Waals surface area contributed by atoms with Crippen molar-refractivity contribution in [2.75, 3.05) is 0 Å². The predicted molar refractivity (Wildman–Crippen MR) is 96.0 cm³/mol. The average Bonchev–Trinajstić information content (AvgIpc) is 3.01. The molecule has 0 unspecified atom stereocenters. The maximum Gasteiger partial charge on any atom is 0.172 e. The largest absolute Gasteiger partial charge is 0.293 e. The van der Waals surface area contributed by atoms with Crippen LogP contribution in [0.2, 0.25) is 0 Å². The van der Waals surface area contributed by atoms with Gasteiger partial charge in [-0.1, -0.05) is 86.0 Å². The van der Waals surface area contributed by atoms with Gasteiger partial charge in [0.1, 0.15) is 3.23 Å². The highest BCUT2D eigenvalue weighted by Gasteiger charge is 2.78. The molecule has 2 aliphatic carbocycles. The van der Waals surface area contributed by atoms with E-state index < -0.39 is 0 Å². The van der Waals surface area contributed by atoms with E-state index >= 15 is 0 Å². The van der Waals surface area contributed by atoms with Gasteiger partial charge in [0, 0.05) is 11.5 Å². The highest BCUT2D eigenvalue weighted by molar-refractivity contribution is 9.25. The molecule has 2 aromatic carbocycles. The summed E-state index contributed by atoms with van der Waals surface area (Å²) in [7, 11) is 0. The van der Waals surface area contributed by atoms with Crippen LogP contribution in [-0.2, 0) is 6.42 Å². The molecule has 2 atom stereocenters. The number of carbonyl (C=O) groups excluding carboxylic acids is 1. The number of carbonyl (C=O) groups is 1. The first-order valence-corrected chi connectivity index (χ1v) is 9.14. The Kier molecular flexibility index (Phi) is 3.18. The van der Waals surface area contributed by atoms with Gasteiger partial charge in [0.15, 0.2) is 5.78 Å². The SMILES string of the molecule is Cc1ccc([C@H]2C(Br)(Br)[C@@]23CCc2ccccc2C3=O)cc1. The third-order valence-corrected chi connectivity index (χ3v) is 7.56. The minimum Gasteiger partial charge on any atom is -0.293 e. The van der Waals surface area contributed by atoms with Crippen molar-refractivity contribution in [3.05, 3.63) is 70.8 Å². The second kappa shape index (κ2) is 4.78. The van der Waals surface area contributed by atoms with Crippen LogP contribution in [-0.4, -0.2) is 9.02 Å². The van der Waals surface area contributed by atoms with E-state index in [4.69, 9.17) is 0 Å². The Morgan fingerprint density at radius 1 is 1.05 bits per heavy atom. The van der Waals surface area contributed by atoms with Crippen LogP contribution in [0.25, 0.3) is 0 Å².